The molecule has 0 heterocycles. The van der Waals surface area contributed by atoms with E-state index in [1.165, 1.54) is 19.2 Å². The standard InChI is InChI=1S/C17H18N2O5/c1-22-12-4-6-13(7-5-12)24-16(18)10-19-14-9-11(17(20)21)3-8-15(14)23-2/h3-9,18-19H,10H2,1-2H3,(H,20,21). The van der Waals surface area contributed by atoms with Gasteiger partial charge in [0.25, 0.3) is 0 Å². The van der Waals surface area contributed by atoms with Gasteiger partial charge in [0.1, 0.15) is 17.2 Å². The van der Waals surface area contributed by atoms with Gasteiger partial charge in [-0.3, -0.25) is 5.41 Å². The maximum Gasteiger partial charge on any atom is 0.335 e. The van der Waals surface area contributed by atoms with Gasteiger partial charge in [0.15, 0.2) is 0 Å². The minimum atomic E-state index is -1.04. The quantitative estimate of drug-likeness (QED) is 0.533. The number of rotatable bonds is 7. The third kappa shape index (κ3) is 4.39. The second-order valence-corrected chi connectivity index (χ2v) is 4.77. The van der Waals surface area contributed by atoms with Crippen LogP contribution in [-0.4, -0.2) is 37.7 Å². The summed E-state index contributed by atoms with van der Waals surface area (Å²) >= 11 is 0. The molecule has 24 heavy (non-hydrogen) atoms. The van der Waals surface area contributed by atoms with E-state index in [0.29, 0.717) is 22.9 Å². The molecule has 0 bridgehead atoms. The number of aromatic carboxylic acids is 1. The van der Waals surface area contributed by atoms with Crippen molar-refractivity contribution in [3.05, 3.63) is 48.0 Å². The summed E-state index contributed by atoms with van der Waals surface area (Å²) in [5, 5.41) is 19.8. The molecule has 126 valence electrons. The first kappa shape index (κ1) is 17.1. The number of benzene rings is 2. The third-order valence-electron chi connectivity index (χ3n) is 3.19. The van der Waals surface area contributed by atoms with Gasteiger partial charge in [0, 0.05) is 0 Å². The van der Waals surface area contributed by atoms with E-state index in [9.17, 15) is 4.79 Å². The molecule has 0 spiro atoms. The summed E-state index contributed by atoms with van der Waals surface area (Å²) in [6.45, 7) is 0.0749. The highest BCUT2D eigenvalue weighted by Gasteiger charge is 2.10. The largest absolute Gasteiger partial charge is 0.497 e. The molecule has 2 aromatic rings. The van der Waals surface area contributed by atoms with Crippen LogP contribution in [0.15, 0.2) is 42.5 Å². The van der Waals surface area contributed by atoms with E-state index in [2.05, 4.69) is 5.32 Å². The molecule has 0 fully saturated rings. The lowest BCUT2D eigenvalue weighted by Crippen LogP contribution is -2.19. The van der Waals surface area contributed by atoms with Crippen LogP contribution < -0.4 is 19.5 Å². The van der Waals surface area contributed by atoms with Crippen LogP contribution in [0.25, 0.3) is 0 Å². The highest BCUT2D eigenvalue weighted by atomic mass is 16.5. The lowest BCUT2D eigenvalue weighted by molar-refractivity contribution is 0.0697. The summed E-state index contributed by atoms with van der Waals surface area (Å²) in [4.78, 5) is 11.0. The topological polar surface area (TPSA) is 101 Å². The van der Waals surface area contributed by atoms with Crippen LogP contribution in [0.5, 0.6) is 17.2 Å². The number of hydrogen-bond acceptors (Lipinski definition) is 6. The van der Waals surface area contributed by atoms with E-state index in [0.717, 1.165) is 0 Å². The highest BCUT2D eigenvalue weighted by Crippen LogP contribution is 2.25. The molecule has 0 aliphatic heterocycles. The van der Waals surface area contributed by atoms with Gasteiger partial charge in [-0.05, 0) is 42.5 Å². The molecule has 0 aromatic heterocycles. The number of anilines is 1. The average Bonchev–Trinajstić information content (AvgIpc) is 2.60. The van der Waals surface area contributed by atoms with Crippen molar-refractivity contribution in [1.29, 1.82) is 5.41 Å². The Morgan fingerprint density at radius 1 is 1.08 bits per heavy atom. The smallest absolute Gasteiger partial charge is 0.335 e. The molecule has 0 amide bonds. The van der Waals surface area contributed by atoms with Gasteiger partial charge in [-0.25, -0.2) is 4.79 Å². The Morgan fingerprint density at radius 3 is 2.33 bits per heavy atom. The predicted molar refractivity (Wildman–Crippen MR) is 89.8 cm³/mol. The average molecular weight is 330 g/mol. The normalized spacial score (nSPS) is 9.92. The number of ether oxygens (including phenoxy) is 3. The van der Waals surface area contributed by atoms with E-state index in [4.69, 9.17) is 24.7 Å². The number of hydrogen-bond donors (Lipinski definition) is 3. The molecule has 0 radical (unpaired) electrons. The number of carboxylic acids is 1. The first-order chi connectivity index (χ1) is 11.5. The van der Waals surface area contributed by atoms with Gasteiger partial charge in [-0.2, -0.15) is 0 Å². The molecule has 0 saturated heterocycles. The zero-order chi connectivity index (χ0) is 17.5. The van der Waals surface area contributed by atoms with Crippen LogP contribution in [0.2, 0.25) is 0 Å². The molecule has 0 atom stereocenters. The maximum absolute atomic E-state index is 11.0. The van der Waals surface area contributed by atoms with Crippen molar-refractivity contribution in [2.45, 2.75) is 0 Å². The van der Waals surface area contributed by atoms with Crippen LogP contribution in [0.3, 0.4) is 0 Å². The van der Waals surface area contributed by atoms with E-state index in [1.54, 1.807) is 37.4 Å². The fraction of sp³-hybridized carbons (Fsp3) is 0.176. The van der Waals surface area contributed by atoms with Crippen molar-refractivity contribution >= 4 is 17.6 Å². The summed E-state index contributed by atoms with van der Waals surface area (Å²) in [6.07, 6.45) is 0. The second-order valence-electron chi connectivity index (χ2n) is 4.77. The number of carboxylic acid groups (broad SMARTS) is 1. The first-order valence-electron chi connectivity index (χ1n) is 7.08. The molecule has 2 aromatic carbocycles. The highest BCUT2D eigenvalue weighted by molar-refractivity contribution is 5.90. The predicted octanol–water partition coefficient (Wildman–Crippen LogP) is 2.87. The molecule has 7 nitrogen and oxygen atoms in total. The summed E-state index contributed by atoms with van der Waals surface area (Å²) in [7, 11) is 3.06. The number of nitrogens with one attached hydrogen (secondary N) is 2. The Morgan fingerprint density at radius 2 is 1.75 bits per heavy atom. The maximum atomic E-state index is 11.0. The van der Waals surface area contributed by atoms with E-state index >= 15 is 0 Å². The van der Waals surface area contributed by atoms with Crippen LogP contribution in [0.1, 0.15) is 10.4 Å². The number of methoxy groups -OCH3 is 2. The Labute approximate surface area is 139 Å². The van der Waals surface area contributed by atoms with Crippen molar-refractivity contribution in [2.75, 3.05) is 26.1 Å². The molecule has 0 unspecified atom stereocenters. The lowest BCUT2D eigenvalue weighted by Gasteiger charge is -2.13. The fourth-order valence-corrected chi connectivity index (χ4v) is 1.98. The molecule has 2 rings (SSSR count). The molecule has 0 aliphatic carbocycles. The lowest BCUT2D eigenvalue weighted by atomic mass is 10.2. The van der Waals surface area contributed by atoms with Crippen molar-refractivity contribution in [3.63, 3.8) is 0 Å². The molecule has 0 saturated carbocycles. The van der Waals surface area contributed by atoms with Crippen LogP contribution >= 0.6 is 0 Å². The van der Waals surface area contributed by atoms with Crippen LogP contribution in [-0.2, 0) is 0 Å². The first-order valence-corrected chi connectivity index (χ1v) is 7.08. The summed E-state index contributed by atoms with van der Waals surface area (Å²) in [6, 6.07) is 11.3. The van der Waals surface area contributed by atoms with Gasteiger partial charge in [0.2, 0.25) is 5.90 Å². The molecular formula is C17H18N2O5. The Bertz CT molecular complexity index is 728. The van der Waals surface area contributed by atoms with Gasteiger partial charge in [0.05, 0.1) is 32.0 Å². The fourth-order valence-electron chi connectivity index (χ4n) is 1.98. The summed E-state index contributed by atoms with van der Waals surface area (Å²) in [5.74, 6) is 0.626. The molecule has 0 aliphatic rings. The van der Waals surface area contributed by atoms with E-state index < -0.39 is 5.97 Å². The van der Waals surface area contributed by atoms with E-state index in [1.807, 2.05) is 0 Å². The van der Waals surface area contributed by atoms with Crippen molar-refractivity contribution in [3.8, 4) is 17.2 Å². The van der Waals surface area contributed by atoms with E-state index in [-0.39, 0.29) is 18.0 Å². The van der Waals surface area contributed by atoms with Gasteiger partial charge >= 0.3 is 5.97 Å². The molecule has 3 N–H and O–H groups in total. The third-order valence-corrected chi connectivity index (χ3v) is 3.19. The zero-order valence-electron chi connectivity index (χ0n) is 13.3. The van der Waals surface area contributed by atoms with Crippen molar-refractivity contribution in [2.24, 2.45) is 0 Å². The SMILES string of the molecule is COc1ccc(OC(=N)CNc2cc(C(=O)O)ccc2OC)cc1. The van der Waals surface area contributed by atoms with Crippen molar-refractivity contribution in [1.82, 2.24) is 0 Å². The molecular weight excluding hydrogens is 312 g/mol. The zero-order valence-corrected chi connectivity index (χ0v) is 13.3. The van der Waals surface area contributed by atoms with Gasteiger partial charge in [-0.15, -0.1) is 0 Å². The number of carbonyl (C=O) groups is 1. The minimum Gasteiger partial charge on any atom is -0.497 e. The Kier molecular flexibility index (Phi) is 5.62. The molecule has 7 heteroatoms. The summed E-state index contributed by atoms with van der Waals surface area (Å²) < 4.78 is 15.6. The Balaban J connectivity index is 2.00. The van der Waals surface area contributed by atoms with Gasteiger partial charge in [-0.1, -0.05) is 0 Å². The second kappa shape index (κ2) is 7.87. The Hall–Kier alpha value is -3.22. The van der Waals surface area contributed by atoms with Crippen LogP contribution in [0.4, 0.5) is 5.69 Å². The summed E-state index contributed by atoms with van der Waals surface area (Å²) in [5.41, 5.74) is 0.599. The monoisotopic (exact) mass is 330 g/mol. The minimum absolute atomic E-state index is 0.0250. The van der Waals surface area contributed by atoms with Crippen LogP contribution in [0, 0.1) is 5.41 Å². The van der Waals surface area contributed by atoms with Gasteiger partial charge < -0.3 is 24.6 Å². The van der Waals surface area contributed by atoms with Crippen molar-refractivity contribution < 1.29 is 24.1 Å².